The molecule has 0 bridgehead atoms. The number of hydrogen-bond acceptors (Lipinski definition) is 3. The second-order valence-electron chi connectivity index (χ2n) is 3.12. The first-order chi connectivity index (χ1) is 7.13. The molecule has 1 rings (SSSR count). The molecule has 0 radical (unpaired) electrons. The lowest BCUT2D eigenvalue weighted by atomic mass is 10.2. The molecule has 4 nitrogen and oxygen atoms in total. The van der Waals surface area contributed by atoms with E-state index in [1.807, 2.05) is 19.1 Å². The van der Waals surface area contributed by atoms with Gasteiger partial charge in [0.05, 0.1) is 20.1 Å². The van der Waals surface area contributed by atoms with Gasteiger partial charge in [-0.25, -0.2) is 0 Å². The van der Waals surface area contributed by atoms with E-state index in [1.54, 1.807) is 13.2 Å². The van der Waals surface area contributed by atoms with E-state index in [2.05, 4.69) is 0 Å². The Hall–Kier alpha value is -1.71. The van der Waals surface area contributed by atoms with E-state index < -0.39 is 5.97 Å². The third-order valence-electron chi connectivity index (χ3n) is 1.97. The average Bonchev–Trinajstić information content (AvgIpc) is 2.20. The largest absolute Gasteiger partial charge is 0.497 e. The summed E-state index contributed by atoms with van der Waals surface area (Å²) in [5.74, 6) is 0.497. The molecule has 0 atom stereocenters. The first-order valence-electron chi connectivity index (χ1n) is 4.62. The van der Waals surface area contributed by atoms with Gasteiger partial charge in [-0.15, -0.1) is 0 Å². The topological polar surface area (TPSA) is 55.8 Å². The first kappa shape index (κ1) is 11.4. The summed E-state index contributed by atoms with van der Waals surface area (Å²) in [4.78, 5) is 10.3. The molecule has 4 heteroatoms. The van der Waals surface area contributed by atoms with E-state index in [9.17, 15) is 4.79 Å². The number of aliphatic carboxylic acids is 1. The Balaban J connectivity index is 2.62. The van der Waals surface area contributed by atoms with Crippen LogP contribution in [0.5, 0.6) is 11.5 Å². The van der Waals surface area contributed by atoms with E-state index in [0.717, 1.165) is 5.56 Å². The van der Waals surface area contributed by atoms with Crippen LogP contribution in [-0.2, 0) is 4.79 Å². The molecule has 0 saturated carbocycles. The summed E-state index contributed by atoms with van der Waals surface area (Å²) < 4.78 is 10.4. The molecule has 0 heterocycles. The highest BCUT2D eigenvalue weighted by Crippen LogP contribution is 2.23. The fourth-order valence-electron chi connectivity index (χ4n) is 1.11. The number of carboxylic acid groups (broad SMARTS) is 1. The zero-order valence-electron chi connectivity index (χ0n) is 8.82. The number of carbonyl (C=O) groups is 1. The Morgan fingerprint density at radius 1 is 1.47 bits per heavy atom. The Kier molecular flexibility index (Phi) is 3.97. The molecule has 0 aliphatic heterocycles. The molecule has 0 unspecified atom stereocenters. The third-order valence-corrected chi connectivity index (χ3v) is 1.97. The third kappa shape index (κ3) is 3.50. The highest BCUT2D eigenvalue weighted by molar-refractivity contribution is 5.66. The van der Waals surface area contributed by atoms with Crippen LogP contribution < -0.4 is 9.47 Å². The van der Waals surface area contributed by atoms with Crippen LogP contribution in [0.4, 0.5) is 0 Å². The van der Waals surface area contributed by atoms with E-state index >= 15 is 0 Å². The van der Waals surface area contributed by atoms with Crippen molar-refractivity contribution in [1.29, 1.82) is 0 Å². The number of aryl methyl sites for hydroxylation is 1. The molecule has 1 aromatic carbocycles. The van der Waals surface area contributed by atoms with E-state index in [0.29, 0.717) is 11.5 Å². The molecule has 0 amide bonds. The van der Waals surface area contributed by atoms with Crippen LogP contribution in [0.3, 0.4) is 0 Å². The quantitative estimate of drug-likeness (QED) is 0.805. The van der Waals surface area contributed by atoms with Crippen molar-refractivity contribution in [2.75, 3.05) is 13.7 Å². The highest BCUT2D eigenvalue weighted by Gasteiger charge is 2.03. The zero-order valence-corrected chi connectivity index (χ0v) is 8.82. The molecule has 0 saturated heterocycles. The van der Waals surface area contributed by atoms with E-state index in [-0.39, 0.29) is 13.0 Å². The van der Waals surface area contributed by atoms with Gasteiger partial charge in [0, 0.05) is 6.07 Å². The summed E-state index contributed by atoms with van der Waals surface area (Å²) in [6.45, 7) is 2.07. The lowest BCUT2D eigenvalue weighted by Crippen LogP contribution is -2.05. The van der Waals surface area contributed by atoms with Crippen molar-refractivity contribution in [3.63, 3.8) is 0 Å². The van der Waals surface area contributed by atoms with Crippen molar-refractivity contribution in [3.8, 4) is 11.5 Å². The number of rotatable bonds is 5. The van der Waals surface area contributed by atoms with E-state index in [1.165, 1.54) is 0 Å². The summed E-state index contributed by atoms with van der Waals surface area (Å²) in [6, 6.07) is 5.45. The number of methoxy groups -OCH3 is 1. The fourth-order valence-corrected chi connectivity index (χ4v) is 1.11. The van der Waals surface area contributed by atoms with Gasteiger partial charge in [0.15, 0.2) is 0 Å². The van der Waals surface area contributed by atoms with Gasteiger partial charge < -0.3 is 14.6 Å². The lowest BCUT2D eigenvalue weighted by Gasteiger charge is -2.09. The molecule has 15 heavy (non-hydrogen) atoms. The maximum Gasteiger partial charge on any atom is 0.306 e. The number of benzene rings is 1. The number of carboxylic acids is 1. The normalized spacial score (nSPS) is 9.73. The molecular formula is C11H14O4. The van der Waals surface area contributed by atoms with Crippen molar-refractivity contribution in [3.05, 3.63) is 23.8 Å². The Bertz CT molecular complexity index is 346. The van der Waals surface area contributed by atoms with E-state index in [4.69, 9.17) is 14.6 Å². The van der Waals surface area contributed by atoms with Gasteiger partial charge >= 0.3 is 5.97 Å². The van der Waals surface area contributed by atoms with Gasteiger partial charge in [-0.3, -0.25) is 4.79 Å². The molecule has 0 aromatic heterocycles. The van der Waals surface area contributed by atoms with Crippen LogP contribution in [0.25, 0.3) is 0 Å². The minimum absolute atomic E-state index is 0.00332. The van der Waals surface area contributed by atoms with Gasteiger partial charge in [0.1, 0.15) is 11.5 Å². The number of hydrogen-bond donors (Lipinski definition) is 1. The predicted molar refractivity (Wildman–Crippen MR) is 55.5 cm³/mol. The molecule has 1 aromatic rings. The monoisotopic (exact) mass is 210 g/mol. The standard InChI is InChI=1S/C11H14O4/c1-8-3-4-9(14-2)7-10(8)15-6-5-11(12)13/h3-4,7H,5-6H2,1-2H3,(H,12,13). The second kappa shape index (κ2) is 5.24. The second-order valence-corrected chi connectivity index (χ2v) is 3.12. The van der Waals surface area contributed by atoms with Gasteiger partial charge in [-0.05, 0) is 18.6 Å². The summed E-state index contributed by atoms with van der Waals surface area (Å²) in [7, 11) is 1.58. The SMILES string of the molecule is COc1ccc(C)c(OCCC(=O)O)c1. The Morgan fingerprint density at radius 2 is 2.20 bits per heavy atom. The summed E-state index contributed by atoms with van der Waals surface area (Å²) in [6.07, 6.45) is -0.00332. The van der Waals surface area contributed by atoms with Crippen molar-refractivity contribution < 1.29 is 19.4 Å². The zero-order chi connectivity index (χ0) is 11.3. The van der Waals surface area contributed by atoms with Gasteiger partial charge in [-0.2, -0.15) is 0 Å². The van der Waals surface area contributed by atoms with Crippen LogP contribution in [0.15, 0.2) is 18.2 Å². The smallest absolute Gasteiger partial charge is 0.306 e. The first-order valence-corrected chi connectivity index (χ1v) is 4.62. The molecule has 1 N–H and O–H groups in total. The van der Waals surface area contributed by atoms with Crippen molar-refractivity contribution in [2.24, 2.45) is 0 Å². The highest BCUT2D eigenvalue weighted by atomic mass is 16.5. The summed E-state index contributed by atoms with van der Waals surface area (Å²) >= 11 is 0. The van der Waals surface area contributed by atoms with Crippen LogP contribution >= 0.6 is 0 Å². The van der Waals surface area contributed by atoms with Crippen LogP contribution in [0.1, 0.15) is 12.0 Å². The molecule has 0 spiro atoms. The molecule has 0 aliphatic rings. The number of ether oxygens (including phenoxy) is 2. The Morgan fingerprint density at radius 3 is 2.80 bits per heavy atom. The van der Waals surface area contributed by atoms with Crippen molar-refractivity contribution in [1.82, 2.24) is 0 Å². The maximum atomic E-state index is 10.3. The maximum absolute atomic E-state index is 10.3. The van der Waals surface area contributed by atoms with Gasteiger partial charge in [-0.1, -0.05) is 6.07 Å². The van der Waals surface area contributed by atoms with Crippen molar-refractivity contribution >= 4 is 5.97 Å². The lowest BCUT2D eigenvalue weighted by molar-refractivity contribution is -0.137. The van der Waals surface area contributed by atoms with Gasteiger partial charge in [0.2, 0.25) is 0 Å². The molecule has 0 fully saturated rings. The van der Waals surface area contributed by atoms with Gasteiger partial charge in [0.25, 0.3) is 0 Å². The minimum Gasteiger partial charge on any atom is -0.497 e. The average molecular weight is 210 g/mol. The van der Waals surface area contributed by atoms with Crippen LogP contribution in [-0.4, -0.2) is 24.8 Å². The van der Waals surface area contributed by atoms with Crippen molar-refractivity contribution in [2.45, 2.75) is 13.3 Å². The molecule has 0 aliphatic carbocycles. The van der Waals surface area contributed by atoms with Crippen LogP contribution in [0.2, 0.25) is 0 Å². The fraction of sp³-hybridized carbons (Fsp3) is 0.364. The molecular weight excluding hydrogens is 196 g/mol. The van der Waals surface area contributed by atoms with Crippen LogP contribution in [0, 0.1) is 6.92 Å². The summed E-state index contributed by atoms with van der Waals surface area (Å²) in [5, 5.41) is 8.46. The summed E-state index contributed by atoms with van der Waals surface area (Å²) in [5.41, 5.74) is 0.959. The molecule has 82 valence electrons. The Labute approximate surface area is 88.4 Å². The minimum atomic E-state index is -0.865. The predicted octanol–water partition coefficient (Wildman–Crippen LogP) is 1.86.